The smallest absolute Gasteiger partial charge is 0.123 e. The molecule has 0 fully saturated rings. The summed E-state index contributed by atoms with van der Waals surface area (Å²) in [6, 6.07) is 7.81. The fraction of sp³-hybridized carbons (Fsp3) is 0.538. The van der Waals surface area contributed by atoms with Gasteiger partial charge in [-0.2, -0.15) is 0 Å². The maximum atomic E-state index is 6.05. The van der Waals surface area contributed by atoms with Gasteiger partial charge in [0.25, 0.3) is 0 Å². The SMILES string of the molecule is COc1ccc(OP(C(C)C)C(C)C)cc1. The van der Waals surface area contributed by atoms with Crippen molar-refractivity contribution in [3.05, 3.63) is 24.3 Å². The van der Waals surface area contributed by atoms with Gasteiger partial charge < -0.3 is 9.26 Å². The van der Waals surface area contributed by atoms with Gasteiger partial charge in [0.05, 0.1) is 15.3 Å². The molecule has 0 saturated heterocycles. The van der Waals surface area contributed by atoms with Crippen LogP contribution in [0.5, 0.6) is 11.5 Å². The molecule has 1 aromatic rings. The summed E-state index contributed by atoms with van der Waals surface area (Å²) in [7, 11) is 1.26. The first-order valence-electron chi connectivity index (χ1n) is 5.65. The standard InChI is InChI=1S/C13H21O2P/c1-10(2)16(11(3)4)15-13-8-6-12(14-5)7-9-13/h6-11H,1-5H3. The van der Waals surface area contributed by atoms with Gasteiger partial charge in [0.15, 0.2) is 0 Å². The Hall–Kier alpha value is -0.750. The van der Waals surface area contributed by atoms with Crippen LogP contribution in [0.25, 0.3) is 0 Å². The van der Waals surface area contributed by atoms with Crippen LogP contribution in [0, 0.1) is 0 Å². The minimum Gasteiger partial charge on any atom is -0.497 e. The van der Waals surface area contributed by atoms with E-state index in [0.717, 1.165) is 11.5 Å². The van der Waals surface area contributed by atoms with Crippen LogP contribution in [-0.2, 0) is 0 Å². The van der Waals surface area contributed by atoms with Gasteiger partial charge in [0.1, 0.15) is 11.5 Å². The normalized spacial score (nSPS) is 11.2. The molecule has 16 heavy (non-hydrogen) atoms. The van der Waals surface area contributed by atoms with E-state index in [1.807, 2.05) is 24.3 Å². The predicted octanol–water partition coefficient (Wildman–Crippen LogP) is 4.29. The Kier molecular flexibility index (Phi) is 5.08. The highest BCUT2D eigenvalue weighted by Gasteiger charge is 2.19. The van der Waals surface area contributed by atoms with Gasteiger partial charge in [0.2, 0.25) is 0 Å². The van der Waals surface area contributed by atoms with E-state index in [2.05, 4.69) is 27.7 Å². The van der Waals surface area contributed by atoms with Crippen LogP contribution in [0.4, 0.5) is 0 Å². The molecule has 0 aliphatic carbocycles. The molecule has 0 aliphatic heterocycles. The van der Waals surface area contributed by atoms with E-state index < -0.39 is 8.15 Å². The number of hydrogen-bond donors (Lipinski definition) is 0. The average molecular weight is 240 g/mol. The van der Waals surface area contributed by atoms with E-state index >= 15 is 0 Å². The second-order valence-corrected chi connectivity index (χ2v) is 7.28. The molecule has 0 N–H and O–H groups in total. The Balaban J connectivity index is 2.70. The summed E-state index contributed by atoms with van der Waals surface area (Å²) in [4.78, 5) is 0. The number of hydrogen-bond acceptors (Lipinski definition) is 2. The summed E-state index contributed by atoms with van der Waals surface area (Å²) in [6.45, 7) is 8.87. The second-order valence-electron chi connectivity index (χ2n) is 4.31. The lowest BCUT2D eigenvalue weighted by atomic mass is 10.3. The Morgan fingerprint density at radius 2 is 1.31 bits per heavy atom. The molecule has 0 amide bonds. The summed E-state index contributed by atoms with van der Waals surface area (Å²) in [5.74, 6) is 1.81. The fourth-order valence-electron chi connectivity index (χ4n) is 1.57. The van der Waals surface area contributed by atoms with E-state index in [1.54, 1.807) is 7.11 Å². The lowest BCUT2D eigenvalue weighted by Gasteiger charge is -2.25. The lowest BCUT2D eigenvalue weighted by Crippen LogP contribution is -2.08. The molecule has 90 valence electrons. The highest BCUT2D eigenvalue weighted by Crippen LogP contribution is 2.47. The van der Waals surface area contributed by atoms with Crippen LogP contribution in [0.15, 0.2) is 24.3 Å². The third-order valence-corrected chi connectivity index (χ3v) is 4.75. The molecule has 1 rings (SSSR count). The largest absolute Gasteiger partial charge is 0.497 e. The van der Waals surface area contributed by atoms with Crippen molar-refractivity contribution < 1.29 is 9.26 Å². The van der Waals surface area contributed by atoms with Crippen molar-refractivity contribution in [1.82, 2.24) is 0 Å². The summed E-state index contributed by atoms with van der Waals surface area (Å²) < 4.78 is 11.2. The zero-order chi connectivity index (χ0) is 12.1. The topological polar surface area (TPSA) is 18.5 Å². The summed E-state index contributed by atoms with van der Waals surface area (Å²) in [5, 5.41) is 0. The van der Waals surface area contributed by atoms with Crippen LogP contribution in [-0.4, -0.2) is 18.4 Å². The van der Waals surface area contributed by atoms with Crippen LogP contribution in [0.3, 0.4) is 0 Å². The first-order chi connectivity index (χ1) is 7.54. The van der Waals surface area contributed by atoms with Gasteiger partial charge >= 0.3 is 0 Å². The summed E-state index contributed by atoms with van der Waals surface area (Å²) in [6.07, 6.45) is 0. The number of ether oxygens (including phenoxy) is 1. The molecule has 0 bridgehead atoms. The molecular formula is C13H21O2P. The van der Waals surface area contributed by atoms with E-state index in [-0.39, 0.29) is 0 Å². The van der Waals surface area contributed by atoms with Crippen molar-refractivity contribution in [3.63, 3.8) is 0 Å². The van der Waals surface area contributed by atoms with Gasteiger partial charge in [-0.3, -0.25) is 0 Å². The monoisotopic (exact) mass is 240 g/mol. The van der Waals surface area contributed by atoms with Crippen LogP contribution in [0.1, 0.15) is 27.7 Å². The second kappa shape index (κ2) is 6.10. The number of benzene rings is 1. The van der Waals surface area contributed by atoms with Crippen molar-refractivity contribution >= 4 is 8.15 Å². The first kappa shape index (κ1) is 13.3. The molecule has 0 radical (unpaired) electrons. The zero-order valence-corrected chi connectivity index (χ0v) is 11.6. The molecule has 0 aliphatic rings. The van der Waals surface area contributed by atoms with Gasteiger partial charge in [-0.25, -0.2) is 0 Å². The van der Waals surface area contributed by atoms with Crippen molar-refractivity contribution in [2.45, 2.75) is 39.0 Å². The third kappa shape index (κ3) is 3.68. The highest BCUT2D eigenvalue weighted by atomic mass is 31.1. The van der Waals surface area contributed by atoms with Crippen LogP contribution in [0.2, 0.25) is 0 Å². The van der Waals surface area contributed by atoms with Crippen molar-refractivity contribution in [3.8, 4) is 11.5 Å². The molecule has 0 atom stereocenters. The van der Waals surface area contributed by atoms with Crippen molar-refractivity contribution in [2.24, 2.45) is 0 Å². The molecule has 0 saturated carbocycles. The van der Waals surface area contributed by atoms with Gasteiger partial charge in [-0.15, -0.1) is 0 Å². The molecule has 2 nitrogen and oxygen atoms in total. The molecule has 3 heteroatoms. The third-order valence-electron chi connectivity index (χ3n) is 2.29. The number of methoxy groups -OCH3 is 1. The van der Waals surface area contributed by atoms with Gasteiger partial charge in [0, 0.05) is 11.3 Å². The summed E-state index contributed by atoms with van der Waals surface area (Å²) >= 11 is 0. The van der Waals surface area contributed by atoms with Gasteiger partial charge in [-0.05, 0) is 24.3 Å². The van der Waals surface area contributed by atoms with Crippen LogP contribution < -0.4 is 9.26 Å². The first-order valence-corrected chi connectivity index (χ1v) is 7.04. The van der Waals surface area contributed by atoms with E-state index in [1.165, 1.54) is 0 Å². The minimum absolute atomic E-state index is 0.410. The lowest BCUT2D eigenvalue weighted by molar-refractivity contribution is 0.414. The Bertz CT molecular complexity index is 298. The van der Waals surface area contributed by atoms with Crippen molar-refractivity contribution in [2.75, 3.05) is 7.11 Å². The maximum Gasteiger partial charge on any atom is 0.123 e. The zero-order valence-electron chi connectivity index (χ0n) is 10.7. The maximum absolute atomic E-state index is 6.05. The minimum atomic E-state index is -0.410. The molecule has 1 aromatic carbocycles. The van der Waals surface area contributed by atoms with E-state index in [9.17, 15) is 0 Å². The molecule has 0 heterocycles. The van der Waals surface area contributed by atoms with E-state index in [4.69, 9.17) is 9.26 Å². The van der Waals surface area contributed by atoms with E-state index in [0.29, 0.717) is 11.3 Å². The Labute approximate surface area is 99.8 Å². The molecule has 0 spiro atoms. The fourth-order valence-corrected chi connectivity index (χ4v) is 3.54. The summed E-state index contributed by atoms with van der Waals surface area (Å²) in [5.41, 5.74) is 1.16. The quantitative estimate of drug-likeness (QED) is 0.715. The molecule has 0 aromatic heterocycles. The molecular weight excluding hydrogens is 219 g/mol. The Morgan fingerprint density at radius 3 is 1.69 bits per heavy atom. The predicted molar refractivity (Wildman–Crippen MR) is 70.8 cm³/mol. The average Bonchev–Trinajstić information content (AvgIpc) is 2.25. The highest BCUT2D eigenvalue weighted by molar-refractivity contribution is 7.54. The van der Waals surface area contributed by atoms with Gasteiger partial charge in [-0.1, -0.05) is 27.7 Å². The van der Waals surface area contributed by atoms with Crippen molar-refractivity contribution in [1.29, 1.82) is 0 Å². The number of rotatable bonds is 5. The molecule has 0 unspecified atom stereocenters. The Morgan fingerprint density at radius 1 is 0.875 bits per heavy atom. The van der Waals surface area contributed by atoms with Crippen LogP contribution >= 0.6 is 8.15 Å².